The van der Waals surface area contributed by atoms with Crippen molar-refractivity contribution in [2.24, 2.45) is 5.73 Å². The fourth-order valence-corrected chi connectivity index (χ4v) is 0.862. The summed E-state index contributed by atoms with van der Waals surface area (Å²) in [5.74, 6) is 0. The van der Waals surface area contributed by atoms with Gasteiger partial charge in [-0.3, -0.25) is 0 Å². The van der Waals surface area contributed by atoms with E-state index in [9.17, 15) is 0 Å². The van der Waals surface area contributed by atoms with E-state index >= 15 is 0 Å². The maximum Gasteiger partial charge on any atom is 0.0824 e. The van der Waals surface area contributed by atoms with Crippen LogP contribution < -0.4 is 5.73 Å². The van der Waals surface area contributed by atoms with Gasteiger partial charge in [0, 0.05) is 23.7 Å². The number of hydrogen-bond donors (Lipinski definition) is 1. The molecule has 0 spiro atoms. The van der Waals surface area contributed by atoms with E-state index < -0.39 is 6.98 Å². The quantitative estimate of drug-likeness (QED) is 0.566. The Balaban J connectivity index is 0.00000144. The zero-order chi connectivity index (χ0) is 9.19. The molecule has 0 aromatic heterocycles. The summed E-state index contributed by atoms with van der Waals surface area (Å²) in [7, 11) is 0. The monoisotopic (exact) mass is 149 g/mol. The lowest BCUT2D eigenvalue weighted by molar-refractivity contribution is -0.0138. The van der Waals surface area contributed by atoms with Crippen molar-refractivity contribution in [2.75, 3.05) is 33.2 Å². The van der Waals surface area contributed by atoms with Gasteiger partial charge in [0.25, 0.3) is 0 Å². The lowest BCUT2D eigenvalue weighted by atomic mass is 10.3. The Morgan fingerprint density at radius 1 is 1.90 bits per heavy atom. The smallest absolute Gasteiger partial charge is 0.0824 e. The van der Waals surface area contributed by atoms with Crippen LogP contribution in [-0.2, 0) is 4.74 Å². The van der Waals surface area contributed by atoms with E-state index in [4.69, 9.17) is 14.6 Å². The molecule has 1 aliphatic heterocycles. The van der Waals surface area contributed by atoms with Crippen molar-refractivity contribution in [2.45, 2.75) is 13.5 Å². The summed E-state index contributed by atoms with van der Waals surface area (Å²) in [4.78, 5) is 1.42. The van der Waals surface area contributed by atoms with Crippen LogP contribution in [0.1, 0.15) is 11.5 Å². The summed E-state index contributed by atoms with van der Waals surface area (Å²) in [6.45, 7) is -0.288. The topological polar surface area (TPSA) is 38.5 Å². The van der Waals surface area contributed by atoms with E-state index in [2.05, 4.69) is 0 Å². The van der Waals surface area contributed by atoms with Crippen molar-refractivity contribution in [3.05, 3.63) is 0 Å². The SMILES string of the molecule is C.[2H]C([2H])([2H])N1CCO[C@@H](CN)C1. The van der Waals surface area contributed by atoms with Crippen molar-refractivity contribution >= 4 is 0 Å². The Bertz CT molecular complexity index is 151. The van der Waals surface area contributed by atoms with Crippen LogP contribution in [-0.4, -0.2) is 44.2 Å². The Morgan fingerprint density at radius 3 is 3.30 bits per heavy atom. The van der Waals surface area contributed by atoms with E-state index in [-0.39, 0.29) is 13.5 Å². The number of nitrogens with two attached hydrogens (primary N) is 1. The predicted molar refractivity (Wildman–Crippen MR) is 43.0 cm³/mol. The van der Waals surface area contributed by atoms with Gasteiger partial charge in [-0.2, -0.15) is 0 Å². The molecule has 1 aliphatic rings. The highest BCUT2D eigenvalue weighted by Crippen LogP contribution is 1.99. The molecular weight excluding hydrogens is 128 g/mol. The number of nitrogens with zero attached hydrogens (tertiary/aromatic N) is 1. The first kappa shape index (κ1) is 5.52. The molecule has 1 rings (SSSR count). The molecule has 62 valence electrons. The normalized spacial score (nSPS) is 33.3. The summed E-state index contributed by atoms with van der Waals surface area (Å²) in [6, 6.07) is 0. The minimum Gasteiger partial charge on any atom is -0.374 e. The van der Waals surface area contributed by atoms with Crippen LogP contribution >= 0.6 is 0 Å². The standard InChI is InChI=1S/C6H14N2O.CH4/c1-8-2-3-9-6(4-7)5-8;/h6H,2-5,7H2,1H3;1H4/t6-;/m0./s1/i1D3;. The third kappa shape index (κ3) is 2.64. The molecule has 1 fully saturated rings. The van der Waals surface area contributed by atoms with Gasteiger partial charge in [-0.05, 0) is 6.98 Å². The molecule has 0 aromatic rings. The maximum absolute atomic E-state index is 7.15. The number of likely N-dealkylation sites (N-methyl/N-ethyl adjacent to an activating group) is 1. The van der Waals surface area contributed by atoms with Crippen molar-refractivity contribution in [3.8, 4) is 0 Å². The highest BCUT2D eigenvalue weighted by atomic mass is 16.5. The van der Waals surface area contributed by atoms with Gasteiger partial charge in [-0.25, -0.2) is 0 Å². The van der Waals surface area contributed by atoms with Crippen LogP contribution in [0.4, 0.5) is 0 Å². The molecule has 1 heterocycles. The second-order valence-corrected chi connectivity index (χ2v) is 2.17. The fraction of sp³-hybridized carbons (Fsp3) is 1.00. The lowest BCUT2D eigenvalue weighted by Gasteiger charge is -2.28. The number of morpholine rings is 1. The third-order valence-corrected chi connectivity index (χ3v) is 1.40. The van der Waals surface area contributed by atoms with Gasteiger partial charge >= 0.3 is 0 Å². The number of hydrogen-bond acceptors (Lipinski definition) is 3. The highest BCUT2D eigenvalue weighted by molar-refractivity contribution is 4.68. The van der Waals surface area contributed by atoms with Crippen LogP contribution in [0.15, 0.2) is 0 Å². The summed E-state index contributed by atoms with van der Waals surface area (Å²) in [5.41, 5.74) is 5.37. The summed E-state index contributed by atoms with van der Waals surface area (Å²) in [5, 5.41) is 0. The van der Waals surface area contributed by atoms with Crippen LogP contribution in [0.2, 0.25) is 0 Å². The first-order valence-electron chi connectivity index (χ1n) is 4.61. The molecule has 0 saturated carbocycles. The Morgan fingerprint density at radius 2 is 2.70 bits per heavy atom. The second-order valence-electron chi connectivity index (χ2n) is 2.17. The van der Waals surface area contributed by atoms with Crippen molar-refractivity contribution in [1.29, 1.82) is 0 Å². The average molecular weight is 149 g/mol. The van der Waals surface area contributed by atoms with Crippen LogP contribution in [0.5, 0.6) is 0 Å². The minimum absolute atomic E-state index is 0. The zero-order valence-corrected chi connectivity index (χ0v) is 5.34. The van der Waals surface area contributed by atoms with Crippen molar-refractivity contribution < 1.29 is 8.85 Å². The Labute approximate surface area is 67.4 Å². The molecule has 0 bridgehead atoms. The van der Waals surface area contributed by atoms with Gasteiger partial charge in [0.15, 0.2) is 0 Å². The number of rotatable bonds is 1. The van der Waals surface area contributed by atoms with Gasteiger partial charge in [0.1, 0.15) is 0 Å². The van der Waals surface area contributed by atoms with Crippen molar-refractivity contribution in [3.63, 3.8) is 0 Å². The molecule has 0 radical (unpaired) electrons. The molecule has 0 aromatic carbocycles. The first-order valence-corrected chi connectivity index (χ1v) is 3.11. The van der Waals surface area contributed by atoms with E-state index in [1.54, 1.807) is 0 Å². The molecule has 0 aliphatic carbocycles. The highest BCUT2D eigenvalue weighted by Gasteiger charge is 2.14. The zero-order valence-electron chi connectivity index (χ0n) is 8.34. The van der Waals surface area contributed by atoms with E-state index in [1.807, 2.05) is 0 Å². The summed E-state index contributed by atoms with van der Waals surface area (Å²) >= 11 is 0. The average Bonchev–Trinajstić information content (AvgIpc) is 2.03. The molecule has 3 heteroatoms. The minimum atomic E-state index is -2.00. The first-order chi connectivity index (χ1) is 5.54. The Hall–Kier alpha value is -0.120. The van der Waals surface area contributed by atoms with Crippen LogP contribution in [0.25, 0.3) is 0 Å². The molecule has 0 unspecified atom stereocenters. The molecular formula is C7H18N2O. The molecule has 1 saturated heterocycles. The van der Waals surface area contributed by atoms with Gasteiger partial charge in [-0.15, -0.1) is 0 Å². The molecule has 1 atom stereocenters. The van der Waals surface area contributed by atoms with Crippen LogP contribution in [0, 0.1) is 0 Å². The molecule has 10 heavy (non-hydrogen) atoms. The fourth-order valence-electron chi connectivity index (χ4n) is 0.862. The van der Waals surface area contributed by atoms with E-state index in [0.29, 0.717) is 26.2 Å². The van der Waals surface area contributed by atoms with Gasteiger partial charge in [-0.1, -0.05) is 7.43 Å². The second kappa shape index (κ2) is 4.66. The third-order valence-electron chi connectivity index (χ3n) is 1.40. The van der Waals surface area contributed by atoms with Gasteiger partial charge < -0.3 is 15.4 Å². The summed E-state index contributed by atoms with van der Waals surface area (Å²) < 4.78 is 26.7. The summed E-state index contributed by atoms with van der Waals surface area (Å²) in [6.07, 6.45) is -0.126. The lowest BCUT2D eigenvalue weighted by Crippen LogP contribution is -2.43. The number of ether oxygens (including phenoxy) is 1. The molecule has 3 nitrogen and oxygen atoms in total. The van der Waals surface area contributed by atoms with Crippen LogP contribution in [0.3, 0.4) is 0 Å². The Kier molecular flexibility index (Phi) is 2.57. The molecule has 2 N–H and O–H groups in total. The van der Waals surface area contributed by atoms with E-state index in [0.717, 1.165) is 0 Å². The predicted octanol–water partition coefficient (Wildman–Crippen LogP) is -0.0882. The van der Waals surface area contributed by atoms with E-state index in [1.165, 1.54) is 4.90 Å². The largest absolute Gasteiger partial charge is 0.374 e. The molecule has 0 amide bonds. The maximum atomic E-state index is 7.15. The van der Waals surface area contributed by atoms with Gasteiger partial charge in [0.2, 0.25) is 0 Å². The van der Waals surface area contributed by atoms with Gasteiger partial charge in [0.05, 0.1) is 12.7 Å². The van der Waals surface area contributed by atoms with Crippen molar-refractivity contribution in [1.82, 2.24) is 4.90 Å².